The number of benzene rings is 1. The van der Waals surface area contributed by atoms with Crippen LogP contribution >= 0.6 is 23.2 Å². The zero-order valence-corrected chi connectivity index (χ0v) is 12.5. The van der Waals surface area contributed by atoms with Gasteiger partial charge in [-0.25, -0.2) is 0 Å². The van der Waals surface area contributed by atoms with E-state index in [4.69, 9.17) is 27.9 Å². The lowest BCUT2D eigenvalue weighted by atomic mass is 9.98. The van der Waals surface area contributed by atoms with Crippen LogP contribution in [0.5, 0.6) is 5.75 Å². The zero-order chi connectivity index (χ0) is 14.0. The molecular weight excluding hydrogens is 285 g/mol. The number of hydrogen-bond donors (Lipinski definition) is 0. The lowest BCUT2D eigenvalue weighted by molar-refractivity contribution is 0.0698. The van der Waals surface area contributed by atoms with Crippen molar-refractivity contribution in [1.82, 2.24) is 4.90 Å². The van der Waals surface area contributed by atoms with Gasteiger partial charge in [0.05, 0.1) is 18.1 Å². The van der Waals surface area contributed by atoms with Gasteiger partial charge in [-0.2, -0.15) is 0 Å². The predicted molar refractivity (Wildman–Crippen MR) is 77.3 cm³/mol. The van der Waals surface area contributed by atoms with Crippen LogP contribution in [0.15, 0.2) is 18.2 Å². The highest BCUT2D eigenvalue weighted by Gasteiger charge is 2.29. The molecule has 1 aromatic carbocycles. The number of alkyl halides is 1. The second kappa shape index (κ2) is 6.02. The first kappa shape index (κ1) is 14.5. The van der Waals surface area contributed by atoms with Gasteiger partial charge < -0.3 is 9.64 Å². The van der Waals surface area contributed by atoms with Crippen LogP contribution in [0.25, 0.3) is 0 Å². The van der Waals surface area contributed by atoms with Crippen molar-refractivity contribution >= 4 is 29.1 Å². The third-order valence-corrected chi connectivity index (χ3v) is 4.35. The molecule has 0 N–H and O–H groups in total. The SMILES string of the molecule is COc1ccc(Cl)cc1C(=O)N1CCC(C)C(Cl)C1. The van der Waals surface area contributed by atoms with Crippen LogP contribution in [0, 0.1) is 5.92 Å². The molecule has 1 heterocycles. The van der Waals surface area contributed by atoms with Gasteiger partial charge >= 0.3 is 0 Å². The minimum absolute atomic E-state index is 0.00267. The molecule has 0 aromatic heterocycles. The summed E-state index contributed by atoms with van der Waals surface area (Å²) in [4.78, 5) is 14.3. The van der Waals surface area contributed by atoms with E-state index in [1.54, 1.807) is 30.2 Å². The molecule has 1 aliphatic heterocycles. The van der Waals surface area contributed by atoms with Crippen molar-refractivity contribution in [3.63, 3.8) is 0 Å². The molecule has 5 heteroatoms. The van der Waals surface area contributed by atoms with Gasteiger partial charge in [0.25, 0.3) is 5.91 Å². The predicted octanol–water partition coefficient (Wildman–Crippen LogP) is 3.44. The number of ether oxygens (including phenoxy) is 1. The monoisotopic (exact) mass is 301 g/mol. The van der Waals surface area contributed by atoms with Gasteiger partial charge in [-0.1, -0.05) is 18.5 Å². The van der Waals surface area contributed by atoms with Gasteiger partial charge in [0, 0.05) is 18.1 Å². The molecule has 0 saturated carbocycles. The first-order valence-electron chi connectivity index (χ1n) is 6.29. The molecule has 0 spiro atoms. The summed E-state index contributed by atoms with van der Waals surface area (Å²) in [6, 6.07) is 5.06. The summed E-state index contributed by atoms with van der Waals surface area (Å²) in [6.07, 6.45) is 0.919. The molecule has 1 aromatic rings. The molecule has 0 aliphatic carbocycles. The van der Waals surface area contributed by atoms with Crippen LogP contribution in [0.2, 0.25) is 5.02 Å². The Morgan fingerprint density at radius 2 is 2.21 bits per heavy atom. The van der Waals surface area contributed by atoms with E-state index < -0.39 is 0 Å². The standard InChI is InChI=1S/C14H17Cl2NO2/c1-9-5-6-17(8-12(9)16)14(18)11-7-10(15)3-4-13(11)19-2/h3-4,7,9,12H,5-6,8H2,1-2H3. The van der Waals surface area contributed by atoms with Crippen LogP contribution < -0.4 is 4.74 Å². The minimum Gasteiger partial charge on any atom is -0.496 e. The van der Waals surface area contributed by atoms with Gasteiger partial charge in [0.2, 0.25) is 0 Å². The van der Waals surface area contributed by atoms with E-state index in [2.05, 4.69) is 6.92 Å². The molecule has 0 bridgehead atoms. The summed E-state index contributed by atoms with van der Waals surface area (Å²) in [6.45, 7) is 3.40. The summed E-state index contributed by atoms with van der Waals surface area (Å²) in [5.41, 5.74) is 0.494. The van der Waals surface area contributed by atoms with E-state index in [-0.39, 0.29) is 11.3 Å². The summed E-state index contributed by atoms with van der Waals surface area (Å²) in [5, 5.41) is 0.528. The smallest absolute Gasteiger partial charge is 0.257 e. The number of methoxy groups -OCH3 is 1. The Morgan fingerprint density at radius 1 is 1.47 bits per heavy atom. The van der Waals surface area contributed by atoms with Gasteiger partial charge in [-0.05, 0) is 30.5 Å². The average molecular weight is 302 g/mol. The van der Waals surface area contributed by atoms with E-state index in [9.17, 15) is 4.79 Å². The Balaban J connectivity index is 2.22. The van der Waals surface area contributed by atoms with Gasteiger partial charge in [-0.15, -0.1) is 11.6 Å². The van der Waals surface area contributed by atoms with Crippen molar-refractivity contribution in [3.05, 3.63) is 28.8 Å². The topological polar surface area (TPSA) is 29.5 Å². The summed E-state index contributed by atoms with van der Waals surface area (Å²) in [7, 11) is 1.54. The Kier molecular flexibility index (Phi) is 4.58. The van der Waals surface area contributed by atoms with Crippen molar-refractivity contribution in [1.29, 1.82) is 0 Å². The summed E-state index contributed by atoms with van der Waals surface area (Å²) in [5.74, 6) is 0.906. The Labute approximate surface area is 123 Å². The highest BCUT2D eigenvalue weighted by molar-refractivity contribution is 6.31. The summed E-state index contributed by atoms with van der Waals surface area (Å²) < 4.78 is 5.22. The van der Waals surface area contributed by atoms with Crippen LogP contribution in [-0.2, 0) is 0 Å². The van der Waals surface area contributed by atoms with Crippen LogP contribution in [0.1, 0.15) is 23.7 Å². The molecule has 2 atom stereocenters. The molecule has 1 aliphatic rings. The quantitative estimate of drug-likeness (QED) is 0.783. The highest BCUT2D eigenvalue weighted by atomic mass is 35.5. The molecule has 2 unspecified atom stereocenters. The zero-order valence-electron chi connectivity index (χ0n) is 11.0. The maximum atomic E-state index is 12.5. The molecule has 19 heavy (non-hydrogen) atoms. The normalized spacial score (nSPS) is 23.3. The Hall–Kier alpha value is -0.930. The highest BCUT2D eigenvalue weighted by Crippen LogP contribution is 2.27. The number of carbonyl (C=O) groups is 1. The number of hydrogen-bond acceptors (Lipinski definition) is 2. The molecule has 104 valence electrons. The second-order valence-corrected chi connectivity index (χ2v) is 5.87. The number of rotatable bonds is 2. The van der Waals surface area contributed by atoms with Gasteiger partial charge in [0.15, 0.2) is 0 Å². The van der Waals surface area contributed by atoms with E-state index in [0.717, 1.165) is 13.0 Å². The minimum atomic E-state index is -0.0723. The number of amides is 1. The Bertz CT molecular complexity index is 479. The average Bonchev–Trinajstić information content (AvgIpc) is 2.41. The van der Waals surface area contributed by atoms with Crippen molar-refractivity contribution in [3.8, 4) is 5.75 Å². The number of nitrogens with zero attached hydrogens (tertiary/aromatic N) is 1. The molecule has 1 saturated heterocycles. The van der Waals surface area contributed by atoms with Crippen molar-refractivity contribution in [2.45, 2.75) is 18.7 Å². The number of likely N-dealkylation sites (tertiary alicyclic amines) is 1. The van der Waals surface area contributed by atoms with Gasteiger partial charge in [-0.3, -0.25) is 4.79 Å². The van der Waals surface area contributed by atoms with Crippen molar-refractivity contribution in [2.75, 3.05) is 20.2 Å². The number of piperidine rings is 1. The molecule has 1 amide bonds. The molecule has 1 fully saturated rings. The van der Waals surface area contributed by atoms with E-state index in [0.29, 0.717) is 28.8 Å². The van der Waals surface area contributed by atoms with E-state index >= 15 is 0 Å². The fourth-order valence-electron chi connectivity index (χ4n) is 2.22. The maximum Gasteiger partial charge on any atom is 0.257 e. The van der Waals surface area contributed by atoms with Crippen molar-refractivity contribution in [2.24, 2.45) is 5.92 Å². The third kappa shape index (κ3) is 3.15. The van der Waals surface area contributed by atoms with Gasteiger partial charge in [0.1, 0.15) is 5.75 Å². The lowest BCUT2D eigenvalue weighted by Crippen LogP contribution is -2.43. The largest absolute Gasteiger partial charge is 0.496 e. The first-order chi connectivity index (χ1) is 9.02. The lowest BCUT2D eigenvalue weighted by Gasteiger charge is -2.34. The van der Waals surface area contributed by atoms with E-state index in [1.807, 2.05) is 0 Å². The second-order valence-electron chi connectivity index (χ2n) is 4.88. The molecular formula is C14H17Cl2NO2. The molecule has 2 rings (SSSR count). The summed E-state index contributed by atoms with van der Waals surface area (Å²) >= 11 is 12.2. The molecule has 0 radical (unpaired) electrons. The third-order valence-electron chi connectivity index (χ3n) is 3.55. The van der Waals surface area contributed by atoms with Crippen LogP contribution in [-0.4, -0.2) is 36.4 Å². The fourth-order valence-corrected chi connectivity index (χ4v) is 2.69. The molecule has 3 nitrogen and oxygen atoms in total. The van der Waals surface area contributed by atoms with Crippen LogP contribution in [0.4, 0.5) is 0 Å². The maximum absolute atomic E-state index is 12.5. The fraction of sp³-hybridized carbons (Fsp3) is 0.500. The van der Waals surface area contributed by atoms with Crippen LogP contribution in [0.3, 0.4) is 0 Å². The van der Waals surface area contributed by atoms with E-state index in [1.165, 1.54) is 0 Å². The number of carbonyl (C=O) groups excluding carboxylic acids is 1. The van der Waals surface area contributed by atoms with Crippen molar-refractivity contribution < 1.29 is 9.53 Å². The number of halogens is 2. The first-order valence-corrected chi connectivity index (χ1v) is 7.11. The Morgan fingerprint density at radius 3 is 2.84 bits per heavy atom.